The highest BCUT2D eigenvalue weighted by Gasteiger charge is 2.16. The molecule has 1 aromatic carbocycles. The second kappa shape index (κ2) is 6.60. The highest BCUT2D eigenvalue weighted by Crippen LogP contribution is 2.27. The van der Waals surface area contributed by atoms with Crippen LogP contribution in [-0.4, -0.2) is 24.5 Å². The number of methoxy groups -OCH3 is 1. The van der Waals surface area contributed by atoms with Gasteiger partial charge in [0.15, 0.2) is 11.6 Å². The third-order valence-electron chi connectivity index (χ3n) is 3.03. The molecule has 0 aliphatic rings. The smallest absolute Gasteiger partial charge is 0.237 e. The number of anilines is 2. The molecule has 0 spiro atoms. The lowest BCUT2D eigenvalue weighted by atomic mass is 10.1. The molecule has 2 aromatic rings. The molecule has 2 rings (SSSR count). The molecule has 0 aliphatic heterocycles. The normalized spacial score (nSPS) is 10.1. The number of ether oxygens (including phenoxy) is 1. The topological polar surface area (TPSA) is 94.5 Å². The lowest BCUT2D eigenvalue weighted by molar-refractivity contribution is -0.116. The molecule has 21 heavy (non-hydrogen) atoms. The molecule has 6 heteroatoms. The zero-order valence-corrected chi connectivity index (χ0v) is 11.8. The van der Waals surface area contributed by atoms with E-state index < -0.39 is 5.91 Å². The van der Waals surface area contributed by atoms with Crippen LogP contribution in [0.4, 0.5) is 11.5 Å². The molecule has 0 fully saturated rings. The van der Waals surface area contributed by atoms with Crippen molar-refractivity contribution in [2.75, 3.05) is 24.3 Å². The first-order valence-electron chi connectivity index (χ1n) is 6.47. The van der Waals surface area contributed by atoms with Crippen LogP contribution in [0.5, 0.6) is 5.75 Å². The van der Waals surface area contributed by atoms with Gasteiger partial charge in [-0.05, 0) is 23.8 Å². The maximum Gasteiger partial charge on any atom is 0.237 e. The molecule has 1 aromatic heterocycles. The summed E-state index contributed by atoms with van der Waals surface area (Å²) in [6.45, 7) is 0.449. The SMILES string of the molecule is COc1cccnc1N(CC(N)=O)Cc1ccccc1N. The van der Waals surface area contributed by atoms with Gasteiger partial charge in [0, 0.05) is 18.4 Å². The number of carbonyl (C=O) groups is 1. The predicted molar refractivity (Wildman–Crippen MR) is 81.9 cm³/mol. The first-order chi connectivity index (χ1) is 10.1. The van der Waals surface area contributed by atoms with E-state index >= 15 is 0 Å². The van der Waals surface area contributed by atoms with Crippen molar-refractivity contribution in [1.82, 2.24) is 4.98 Å². The minimum absolute atomic E-state index is 0.0295. The van der Waals surface area contributed by atoms with Crippen LogP contribution < -0.4 is 21.1 Å². The van der Waals surface area contributed by atoms with Crippen molar-refractivity contribution in [3.8, 4) is 5.75 Å². The largest absolute Gasteiger partial charge is 0.493 e. The molecule has 110 valence electrons. The molecule has 1 amide bonds. The number of amides is 1. The van der Waals surface area contributed by atoms with Crippen molar-refractivity contribution < 1.29 is 9.53 Å². The Morgan fingerprint density at radius 1 is 1.29 bits per heavy atom. The molecular formula is C15H18N4O2. The molecule has 0 bridgehead atoms. The number of nitrogen functional groups attached to an aromatic ring is 1. The summed E-state index contributed by atoms with van der Waals surface area (Å²) in [6.07, 6.45) is 1.64. The van der Waals surface area contributed by atoms with Gasteiger partial charge in [-0.15, -0.1) is 0 Å². The highest BCUT2D eigenvalue weighted by molar-refractivity contribution is 5.79. The van der Waals surface area contributed by atoms with Crippen LogP contribution in [-0.2, 0) is 11.3 Å². The van der Waals surface area contributed by atoms with Gasteiger partial charge in [0.2, 0.25) is 5.91 Å². The van der Waals surface area contributed by atoms with Gasteiger partial charge in [0.1, 0.15) is 0 Å². The van der Waals surface area contributed by atoms with E-state index in [1.807, 2.05) is 24.3 Å². The third-order valence-corrected chi connectivity index (χ3v) is 3.03. The average molecular weight is 286 g/mol. The molecular weight excluding hydrogens is 268 g/mol. The monoisotopic (exact) mass is 286 g/mol. The van der Waals surface area contributed by atoms with Gasteiger partial charge >= 0.3 is 0 Å². The van der Waals surface area contributed by atoms with E-state index in [0.29, 0.717) is 23.8 Å². The first-order valence-corrected chi connectivity index (χ1v) is 6.47. The van der Waals surface area contributed by atoms with Crippen molar-refractivity contribution in [3.05, 3.63) is 48.2 Å². The fourth-order valence-electron chi connectivity index (χ4n) is 2.06. The lowest BCUT2D eigenvalue weighted by Crippen LogP contribution is -2.34. The summed E-state index contributed by atoms with van der Waals surface area (Å²) in [6, 6.07) is 11.0. The standard InChI is InChI=1S/C15H18N4O2/c1-21-13-7-4-8-18-15(13)19(10-14(17)20)9-11-5-2-3-6-12(11)16/h2-8H,9-10,16H2,1H3,(H2,17,20). The number of aromatic nitrogens is 1. The fourth-order valence-corrected chi connectivity index (χ4v) is 2.06. The average Bonchev–Trinajstić information content (AvgIpc) is 2.48. The molecule has 4 N–H and O–H groups in total. The van der Waals surface area contributed by atoms with Crippen LogP contribution in [0.15, 0.2) is 42.6 Å². The number of nitrogens with zero attached hydrogens (tertiary/aromatic N) is 2. The van der Waals surface area contributed by atoms with E-state index in [1.54, 1.807) is 30.3 Å². The molecule has 0 aliphatic carbocycles. The zero-order chi connectivity index (χ0) is 15.2. The number of hydrogen-bond acceptors (Lipinski definition) is 5. The van der Waals surface area contributed by atoms with Crippen LogP contribution in [0.3, 0.4) is 0 Å². The van der Waals surface area contributed by atoms with Crippen LogP contribution in [0.25, 0.3) is 0 Å². The molecule has 0 radical (unpaired) electrons. The van der Waals surface area contributed by atoms with Crippen molar-refractivity contribution in [1.29, 1.82) is 0 Å². The summed E-state index contributed by atoms with van der Waals surface area (Å²) in [5, 5.41) is 0. The Kier molecular flexibility index (Phi) is 4.61. The number of rotatable bonds is 6. The van der Waals surface area contributed by atoms with Crippen molar-refractivity contribution in [2.24, 2.45) is 5.73 Å². The van der Waals surface area contributed by atoms with E-state index in [0.717, 1.165) is 5.56 Å². The predicted octanol–water partition coefficient (Wildman–Crippen LogP) is 1.16. The van der Waals surface area contributed by atoms with E-state index in [1.165, 1.54) is 0 Å². The minimum Gasteiger partial charge on any atom is -0.493 e. The number of para-hydroxylation sites is 1. The summed E-state index contributed by atoms with van der Waals surface area (Å²) < 4.78 is 5.29. The summed E-state index contributed by atoms with van der Waals surface area (Å²) in [5.74, 6) is 0.688. The highest BCUT2D eigenvalue weighted by atomic mass is 16.5. The van der Waals surface area contributed by atoms with Crippen molar-refractivity contribution in [3.63, 3.8) is 0 Å². The molecule has 0 unspecified atom stereocenters. The van der Waals surface area contributed by atoms with E-state index in [4.69, 9.17) is 16.2 Å². The summed E-state index contributed by atoms with van der Waals surface area (Å²) >= 11 is 0. The molecule has 0 saturated carbocycles. The summed E-state index contributed by atoms with van der Waals surface area (Å²) in [4.78, 5) is 17.4. The van der Waals surface area contributed by atoms with Gasteiger partial charge in [-0.3, -0.25) is 4.79 Å². The Balaban J connectivity index is 2.34. The van der Waals surface area contributed by atoms with E-state index in [9.17, 15) is 4.79 Å². The van der Waals surface area contributed by atoms with Gasteiger partial charge in [-0.25, -0.2) is 4.98 Å². The number of nitrogens with two attached hydrogens (primary N) is 2. The van der Waals surface area contributed by atoms with Gasteiger partial charge < -0.3 is 21.1 Å². The lowest BCUT2D eigenvalue weighted by Gasteiger charge is -2.24. The van der Waals surface area contributed by atoms with Crippen LogP contribution in [0, 0.1) is 0 Å². The Morgan fingerprint density at radius 2 is 2.05 bits per heavy atom. The number of hydrogen-bond donors (Lipinski definition) is 2. The molecule has 1 heterocycles. The quantitative estimate of drug-likeness (QED) is 0.777. The molecule has 6 nitrogen and oxygen atoms in total. The summed E-state index contributed by atoms with van der Waals surface area (Å²) in [5.41, 5.74) is 12.8. The number of pyridine rings is 1. The van der Waals surface area contributed by atoms with E-state index in [2.05, 4.69) is 4.98 Å². The fraction of sp³-hybridized carbons (Fsp3) is 0.200. The van der Waals surface area contributed by atoms with Gasteiger partial charge in [0.25, 0.3) is 0 Å². The second-order valence-corrected chi connectivity index (χ2v) is 4.55. The van der Waals surface area contributed by atoms with Crippen LogP contribution >= 0.6 is 0 Å². The zero-order valence-electron chi connectivity index (χ0n) is 11.8. The Hall–Kier alpha value is -2.76. The van der Waals surface area contributed by atoms with E-state index in [-0.39, 0.29) is 6.54 Å². The first kappa shape index (κ1) is 14.6. The van der Waals surface area contributed by atoms with Gasteiger partial charge in [-0.1, -0.05) is 18.2 Å². The summed E-state index contributed by atoms with van der Waals surface area (Å²) in [7, 11) is 1.56. The molecule has 0 atom stereocenters. The van der Waals surface area contributed by atoms with Crippen LogP contribution in [0.1, 0.15) is 5.56 Å². The minimum atomic E-state index is -0.447. The van der Waals surface area contributed by atoms with Crippen LogP contribution in [0.2, 0.25) is 0 Å². The van der Waals surface area contributed by atoms with Gasteiger partial charge in [-0.2, -0.15) is 0 Å². The maximum absolute atomic E-state index is 11.3. The number of primary amides is 1. The Labute approximate surface area is 123 Å². The third kappa shape index (κ3) is 3.62. The Bertz CT molecular complexity index is 631. The second-order valence-electron chi connectivity index (χ2n) is 4.55. The Morgan fingerprint density at radius 3 is 2.71 bits per heavy atom. The molecule has 0 saturated heterocycles. The number of carbonyl (C=O) groups excluding carboxylic acids is 1. The maximum atomic E-state index is 11.3. The van der Waals surface area contributed by atoms with Crippen molar-refractivity contribution in [2.45, 2.75) is 6.54 Å². The number of benzene rings is 1. The van der Waals surface area contributed by atoms with Gasteiger partial charge in [0.05, 0.1) is 13.7 Å². The van der Waals surface area contributed by atoms with Crippen molar-refractivity contribution >= 4 is 17.4 Å².